The van der Waals surface area contributed by atoms with Gasteiger partial charge in [0.15, 0.2) is 17.2 Å². The van der Waals surface area contributed by atoms with E-state index in [1.807, 2.05) is 41.1 Å². The van der Waals surface area contributed by atoms with E-state index in [4.69, 9.17) is 9.47 Å². The maximum Gasteiger partial charge on any atom is 0.276 e. The molecule has 3 heterocycles. The maximum absolute atomic E-state index is 12.9. The predicted molar refractivity (Wildman–Crippen MR) is 104 cm³/mol. The van der Waals surface area contributed by atoms with Gasteiger partial charge in [0.05, 0.1) is 12.1 Å². The summed E-state index contributed by atoms with van der Waals surface area (Å²) in [7, 11) is 0. The molecule has 7 nitrogen and oxygen atoms in total. The standard InChI is InChI=1S/C21H16N4O3/c26-21(23-15-7-8-18-19(10-15)28-13-27-18)20-16-5-1-2-6-17(16)25(24-20)12-14-4-3-9-22-11-14/h1-11H,12-13H2,(H,23,26). The van der Waals surface area contributed by atoms with Gasteiger partial charge in [-0.05, 0) is 29.8 Å². The fourth-order valence-corrected chi connectivity index (χ4v) is 3.24. The number of pyridine rings is 1. The fraction of sp³-hybridized carbons (Fsp3) is 0.0952. The molecule has 0 atom stereocenters. The number of para-hydroxylation sites is 1. The number of nitrogens with one attached hydrogen (secondary N) is 1. The molecule has 0 unspecified atom stereocenters. The number of aromatic nitrogens is 3. The van der Waals surface area contributed by atoms with Gasteiger partial charge in [-0.15, -0.1) is 0 Å². The Hall–Kier alpha value is -3.87. The summed E-state index contributed by atoms with van der Waals surface area (Å²) in [4.78, 5) is 17.1. The highest BCUT2D eigenvalue weighted by Gasteiger charge is 2.19. The largest absolute Gasteiger partial charge is 0.454 e. The smallest absolute Gasteiger partial charge is 0.276 e. The van der Waals surface area contributed by atoms with E-state index in [0.29, 0.717) is 29.4 Å². The summed E-state index contributed by atoms with van der Waals surface area (Å²) in [5.74, 6) is 1.01. The lowest BCUT2D eigenvalue weighted by atomic mass is 10.2. The first-order valence-corrected chi connectivity index (χ1v) is 8.83. The SMILES string of the molecule is O=C(Nc1ccc2c(c1)OCO2)c1nn(Cc2cccnc2)c2ccccc12. The average molecular weight is 372 g/mol. The van der Waals surface area contributed by atoms with Crippen molar-refractivity contribution < 1.29 is 14.3 Å². The lowest BCUT2D eigenvalue weighted by Gasteiger charge is -2.05. The summed E-state index contributed by atoms with van der Waals surface area (Å²) in [5.41, 5.74) is 2.90. The number of nitrogens with zero attached hydrogens (tertiary/aromatic N) is 3. The van der Waals surface area contributed by atoms with Gasteiger partial charge in [0, 0.05) is 29.5 Å². The first-order chi connectivity index (χ1) is 13.8. The van der Waals surface area contributed by atoms with Crippen molar-refractivity contribution in [1.29, 1.82) is 0 Å². The summed E-state index contributed by atoms with van der Waals surface area (Å²) in [6, 6.07) is 16.8. The molecule has 0 saturated heterocycles. The van der Waals surface area contributed by atoms with Gasteiger partial charge in [-0.3, -0.25) is 14.5 Å². The third-order valence-corrected chi connectivity index (χ3v) is 4.56. The molecular formula is C21H16N4O3. The second-order valence-corrected chi connectivity index (χ2v) is 6.41. The maximum atomic E-state index is 12.9. The van der Waals surface area contributed by atoms with Gasteiger partial charge in [-0.2, -0.15) is 5.10 Å². The Bertz CT molecular complexity index is 1170. The highest BCUT2D eigenvalue weighted by Crippen LogP contribution is 2.34. The number of fused-ring (bicyclic) bond motifs is 2. The molecule has 2 aromatic heterocycles. The summed E-state index contributed by atoms with van der Waals surface area (Å²) in [6.45, 7) is 0.724. The zero-order chi connectivity index (χ0) is 18.9. The molecular weight excluding hydrogens is 356 g/mol. The quantitative estimate of drug-likeness (QED) is 0.594. The first-order valence-electron chi connectivity index (χ1n) is 8.83. The fourth-order valence-electron chi connectivity index (χ4n) is 3.24. The van der Waals surface area contributed by atoms with Crippen molar-refractivity contribution in [3.05, 3.63) is 78.2 Å². The van der Waals surface area contributed by atoms with E-state index >= 15 is 0 Å². The highest BCUT2D eigenvalue weighted by molar-refractivity contribution is 6.11. The molecule has 5 rings (SSSR count). The molecule has 0 spiro atoms. The Balaban J connectivity index is 1.47. The molecule has 7 heteroatoms. The minimum Gasteiger partial charge on any atom is -0.454 e. The average Bonchev–Trinajstić information content (AvgIpc) is 3.33. The highest BCUT2D eigenvalue weighted by atomic mass is 16.7. The Morgan fingerprint density at radius 2 is 1.96 bits per heavy atom. The Morgan fingerprint density at radius 3 is 2.86 bits per heavy atom. The molecule has 138 valence electrons. The molecule has 1 N–H and O–H groups in total. The van der Waals surface area contributed by atoms with Crippen LogP contribution in [-0.4, -0.2) is 27.5 Å². The topological polar surface area (TPSA) is 78.3 Å². The van der Waals surface area contributed by atoms with E-state index in [1.54, 1.807) is 30.6 Å². The van der Waals surface area contributed by atoms with Gasteiger partial charge in [-0.25, -0.2) is 0 Å². The van der Waals surface area contributed by atoms with Gasteiger partial charge in [-0.1, -0.05) is 24.3 Å². The number of hydrogen-bond donors (Lipinski definition) is 1. The van der Waals surface area contributed by atoms with Crippen molar-refractivity contribution in [2.24, 2.45) is 0 Å². The van der Waals surface area contributed by atoms with Gasteiger partial charge >= 0.3 is 0 Å². The van der Waals surface area contributed by atoms with E-state index in [2.05, 4.69) is 15.4 Å². The molecule has 0 radical (unpaired) electrons. The number of anilines is 1. The molecule has 0 aliphatic carbocycles. The van der Waals surface area contributed by atoms with E-state index in [0.717, 1.165) is 16.5 Å². The van der Waals surface area contributed by atoms with Gasteiger partial charge in [0.25, 0.3) is 5.91 Å². The van der Waals surface area contributed by atoms with Crippen molar-refractivity contribution in [2.45, 2.75) is 6.54 Å². The van der Waals surface area contributed by atoms with E-state index in [-0.39, 0.29) is 12.7 Å². The van der Waals surface area contributed by atoms with Crippen molar-refractivity contribution in [3.8, 4) is 11.5 Å². The lowest BCUT2D eigenvalue weighted by molar-refractivity contribution is 0.102. The molecule has 2 aromatic carbocycles. The molecule has 4 aromatic rings. The van der Waals surface area contributed by atoms with Crippen molar-refractivity contribution >= 4 is 22.5 Å². The third kappa shape index (κ3) is 2.92. The molecule has 0 fully saturated rings. The van der Waals surface area contributed by atoms with Crippen LogP contribution in [0.1, 0.15) is 16.1 Å². The Labute approximate surface area is 160 Å². The minimum atomic E-state index is -0.278. The van der Waals surface area contributed by atoms with Crippen LogP contribution in [0.2, 0.25) is 0 Å². The van der Waals surface area contributed by atoms with Crippen molar-refractivity contribution in [2.75, 3.05) is 12.1 Å². The molecule has 1 aliphatic heterocycles. The lowest BCUT2D eigenvalue weighted by Crippen LogP contribution is -2.14. The normalized spacial score (nSPS) is 12.3. The van der Waals surface area contributed by atoms with Crippen LogP contribution in [-0.2, 0) is 6.54 Å². The summed E-state index contributed by atoms with van der Waals surface area (Å²) in [5, 5.41) is 8.26. The number of hydrogen-bond acceptors (Lipinski definition) is 5. The van der Waals surface area contributed by atoms with Crippen LogP contribution < -0.4 is 14.8 Å². The zero-order valence-electron chi connectivity index (χ0n) is 14.8. The summed E-state index contributed by atoms with van der Waals surface area (Å²) < 4.78 is 12.5. The third-order valence-electron chi connectivity index (χ3n) is 4.56. The van der Waals surface area contributed by atoms with E-state index in [1.165, 1.54) is 0 Å². The second kappa shape index (κ2) is 6.70. The van der Waals surface area contributed by atoms with Crippen LogP contribution in [0.5, 0.6) is 11.5 Å². The number of rotatable bonds is 4. The Morgan fingerprint density at radius 1 is 1.07 bits per heavy atom. The molecule has 1 amide bonds. The van der Waals surface area contributed by atoms with Crippen molar-refractivity contribution in [3.63, 3.8) is 0 Å². The van der Waals surface area contributed by atoms with Crippen LogP contribution >= 0.6 is 0 Å². The predicted octanol–water partition coefficient (Wildman–Crippen LogP) is 3.46. The van der Waals surface area contributed by atoms with Crippen LogP contribution in [0.15, 0.2) is 67.0 Å². The first kappa shape index (κ1) is 16.3. The van der Waals surface area contributed by atoms with Crippen LogP contribution in [0.4, 0.5) is 5.69 Å². The molecule has 0 bridgehead atoms. The monoisotopic (exact) mass is 372 g/mol. The Kier molecular flexibility index (Phi) is 3.90. The molecule has 1 aliphatic rings. The van der Waals surface area contributed by atoms with Gasteiger partial charge in [0.1, 0.15) is 0 Å². The van der Waals surface area contributed by atoms with Crippen LogP contribution in [0.3, 0.4) is 0 Å². The summed E-state index contributed by atoms with van der Waals surface area (Å²) >= 11 is 0. The molecule has 0 saturated carbocycles. The van der Waals surface area contributed by atoms with Crippen LogP contribution in [0, 0.1) is 0 Å². The zero-order valence-corrected chi connectivity index (χ0v) is 14.8. The number of amides is 1. The van der Waals surface area contributed by atoms with Gasteiger partial charge < -0.3 is 14.8 Å². The number of ether oxygens (including phenoxy) is 2. The number of benzene rings is 2. The van der Waals surface area contributed by atoms with Crippen LogP contribution in [0.25, 0.3) is 10.9 Å². The van der Waals surface area contributed by atoms with E-state index < -0.39 is 0 Å². The summed E-state index contributed by atoms with van der Waals surface area (Å²) in [6.07, 6.45) is 3.53. The molecule has 28 heavy (non-hydrogen) atoms. The van der Waals surface area contributed by atoms with E-state index in [9.17, 15) is 4.79 Å². The minimum absolute atomic E-state index is 0.191. The van der Waals surface area contributed by atoms with Crippen molar-refractivity contribution in [1.82, 2.24) is 14.8 Å². The number of carbonyl (C=O) groups is 1. The number of carbonyl (C=O) groups excluding carboxylic acids is 1. The van der Waals surface area contributed by atoms with Gasteiger partial charge in [0.2, 0.25) is 6.79 Å². The second-order valence-electron chi connectivity index (χ2n) is 6.41.